The van der Waals surface area contributed by atoms with E-state index in [1.54, 1.807) is 25.1 Å². The maximum Gasteiger partial charge on any atom is 0.336 e. The van der Waals surface area contributed by atoms with Crippen molar-refractivity contribution in [2.24, 2.45) is 0 Å². The minimum absolute atomic E-state index is 0.274. The smallest absolute Gasteiger partial charge is 0.336 e. The molecule has 0 radical (unpaired) electrons. The molecular formula is C15H15ClO4. The Bertz CT molecular complexity index is 705. The van der Waals surface area contributed by atoms with Crippen LogP contribution in [0.5, 0.6) is 5.75 Å². The predicted molar refractivity (Wildman–Crippen MR) is 78.5 cm³/mol. The summed E-state index contributed by atoms with van der Waals surface area (Å²) in [5.41, 5.74) is 0.735. The molecule has 0 saturated carbocycles. The summed E-state index contributed by atoms with van der Waals surface area (Å²) < 4.78 is 10.4. The standard InChI is InChI=1S/C15H15ClO4/c1-8(2)13(16)14(18)12-10(19-3)6-4-9-5-7-11(17)20-15(9)12/h4-7,13-14,18H,1H2,2-3H3/t13-,14+/m0/s1. The summed E-state index contributed by atoms with van der Waals surface area (Å²) in [5.74, 6) is 0.409. The zero-order chi connectivity index (χ0) is 14.9. The van der Waals surface area contributed by atoms with Gasteiger partial charge in [-0.2, -0.15) is 0 Å². The van der Waals surface area contributed by atoms with Crippen molar-refractivity contribution in [1.29, 1.82) is 0 Å². The van der Waals surface area contributed by atoms with Crippen LogP contribution in [0, 0.1) is 0 Å². The summed E-state index contributed by atoms with van der Waals surface area (Å²) in [6, 6.07) is 6.39. The molecule has 0 spiro atoms. The van der Waals surface area contributed by atoms with Crippen LogP contribution in [0.15, 0.2) is 45.6 Å². The van der Waals surface area contributed by atoms with Crippen molar-refractivity contribution >= 4 is 22.6 Å². The first-order chi connectivity index (χ1) is 9.45. The highest BCUT2D eigenvalue weighted by Gasteiger charge is 2.26. The molecule has 0 aliphatic heterocycles. The van der Waals surface area contributed by atoms with E-state index >= 15 is 0 Å². The van der Waals surface area contributed by atoms with Gasteiger partial charge in [-0.05, 0) is 25.1 Å². The van der Waals surface area contributed by atoms with Gasteiger partial charge in [0.1, 0.15) is 17.4 Å². The molecule has 2 atom stereocenters. The molecule has 0 bridgehead atoms. The number of aliphatic hydroxyl groups excluding tert-OH is 1. The lowest BCUT2D eigenvalue weighted by atomic mass is 9.99. The van der Waals surface area contributed by atoms with E-state index in [2.05, 4.69) is 6.58 Å². The highest BCUT2D eigenvalue weighted by atomic mass is 35.5. The lowest BCUT2D eigenvalue weighted by molar-refractivity contribution is 0.177. The number of halogens is 1. The van der Waals surface area contributed by atoms with Gasteiger partial charge in [0.05, 0.1) is 18.1 Å². The van der Waals surface area contributed by atoms with Gasteiger partial charge < -0.3 is 14.3 Å². The van der Waals surface area contributed by atoms with Gasteiger partial charge in [0.2, 0.25) is 0 Å². The number of hydrogen-bond donors (Lipinski definition) is 1. The molecule has 2 rings (SSSR count). The quantitative estimate of drug-likeness (QED) is 0.535. The number of ether oxygens (including phenoxy) is 1. The van der Waals surface area contributed by atoms with Gasteiger partial charge in [-0.1, -0.05) is 12.2 Å². The molecule has 20 heavy (non-hydrogen) atoms. The number of hydrogen-bond acceptors (Lipinski definition) is 4. The molecule has 5 heteroatoms. The Morgan fingerprint density at radius 3 is 2.65 bits per heavy atom. The molecule has 1 aromatic carbocycles. The highest BCUT2D eigenvalue weighted by molar-refractivity contribution is 6.22. The zero-order valence-electron chi connectivity index (χ0n) is 11.2. The number of methoxy groups -OCH3 is 1. The third kappa shape index (κ3) is 2.57. The van der Waals surface area contributed by atoms with Crippen molar-refractivity contribution in [3.8, 4) is 5.75 Å². The Morgan fingerprint density at radius 2 is 2.05 bits per heavy atom. The van der Waals surface area contributed by atoms with E-state index in [0.29, 0.717) is 22.3 Å². The first-order valence-electron chi connectivity index (χ1n) is 6.04. The van der Waals surface area contributed by atoms with Crippen LogP contribution in [0.1, 0.15) is 18.6 Å². The molecule has 4 nitrogen and oxygen atoms in total. The fourth-order valence-corrected chi connectivity index (χ4v) is 2.14. The van der Waals surface area contributed by atoms with E-state index in [0.717, 1.165) is 0 Å². The normalized spacial score (nSPS) is 14.0. The number of rotatable bonds is 4. The fourth-order valence-electron chi connectivity index (χ4n) is 2.01. The average molecular weight is 295 g/mol. The zero-order valence-corrected chi connectivity index (χ0v) is 12.0. The van der Waals surface area contributed by atoms with Gasteiger partial charge in [0.25, 0.3) is 0 Å². The predicted octanol–water partition coefficient (Wildman–Crippen LogP) is 3.02. The van der Waals surface area contributed by atoms with Crippen molar-refractivity contribution in [2.45, 2.75) is 18.4 Å². The molecule has 2 aromatic rings. The van der Waals surface area contributed by atoms with E-state index < -0.39 is 17.1 Å². The third-order valence-corrected chi connectivity index (χ3v) is 3.66. The summed E-state index contributed by atoms with van der Waals surface area (Å²) in [4.78, 5) is 11.4. The Morgan fingerprint density at radius 1 is 1.40 bits per heavy atom. The molecule has 106 valence electrons. The average Bonchev–Trinajstić information content (AvgIpc) is 2.44. The highest BCUT2D eigenvalue weighted by Crippen LogP contribution is 2.37. The summed E-state index contributed by atoms with van der Waals surface area (Å²) in [5, 5.41) is 10.4. The monoisotopic (exact) mass is 294 g/mol. The van der Waals surface area contributed by atoms with Crippen LogP contribution >= 0.6 is 11.6 Å². The van der Waals surface area contributed by atoms with Crippen LogP contribution in [0.4, 0.5) is 0 Å². The molecule has 0 amide bonds. The molecule has 1 heterocycles. The second-order valence-corrected chi connectivity index (χ2v) is 5.02. The van der Waals surface area contributed by atoms with E-state index in [9.17, 15) is 9.90 Å². The summed E-state index contributed by atoms with van der Waals surface area (Å²) in [7, 11) is 1.47. The summed E-state index contributed by atoms with van der Waals surface area (Å²) in [6.45, 7) is 5.45. The topological polar surface area (TPSA) is 59.7 Å². The second kappa shape index (κ2) is 5.69. The van der Waals surface area contributed by atoms with Crippen LogP contribution in [0.25, 0.3) is 11.0 Å². The van der Waals surface area contributed by atoms with E-state index in [-0.39, 0.29) is 5.58 Å². The van der Waals surface area contributed by atoms with Crippen molar-refractivity contribution in [2.75, 3.05) is 7.11 Å². The molecule has 0 aliphatic rings. The second-order valence-electron chi connectivity index (χ2n) is 4.55. The van der Waals surface area contributed by atoms with Crippen molar-refractivity contribution in [3.63, 3.8) is 0 Å². The summed E-state index contributed by atoms with van der Waals surface area (Å²) >= 11 is 6.14. The van der Waals surface area contributed by atoms with Crippen molar-refractivity contribution < 1.29 is 14.3 Å². The van der Waals surface area contributed by atoms with Crippen LogP contribution < -0.4 is 10.4 Å². The van der Waals surface area contributed by atoms with Gasteiger partial charge in [0.15, 0.2) is 0 Å². The molecular weight excluding hydrogens is 280 g/mol. The lowest BCUT2D eigenvalue weighted by Gasteiger charge is -2.20. The molecule has 0 unspecified atom stereocenters. The SMILES string of the molecule is C=C(C)[C@H](Cl)[C@H](O)c1c(OC)ccc2ccc(=O)oc12. The van der Waals surface area contributed by atoms with Gasteiger partial charge in [-0.3, -0.25) is 0 Å². The third-order valence-electron chi connectivity index (χ3n) is 3.05. The van der Waals surface area contributed by atoms with E-state index in [1.165, 1.54) is 13.2 Å². The Balaban J connectivity index is 2.73. The van der Waals surface area contributed by atoms with Crippen molar-refractivity contribution in [3.05, 3.63) is 52.4 Å². The van der Waals surface area contributed by atoms with E-state index in [4.69, 9.17) is 20.8 Å². The van der Waals surface area contributed by atoms with Crippen LogP contribution in [-0.4, -0.2) is 17.6 Å². The Hall–Kier alpha value is -1.78. The van der Waals surface area contributed by atoms with Gasteiger partial charge >= 0.3 is 5.63 Å². The van der Waals surface area contributed by atoms with Crippen LogP contribution in [-0.2, 0) is 0 Å². The largest absolute Gasteiger partial charge is 0.496 e. The summed E-state index contributed by atoms with van der Waals surface area (Å²) in [6.07, 6.45) is -1.08. The van der Waals surface area contributed by atoms with Gasteiger partial charge in [0, 0.05) is 11.5 Å². The first-order valence-corrected chi connectivity index (χ1v) is 6.47. The Kier molecular flexibility index (Phi) is 4.16. The fraction of sp³-hybridized carbons (Fsp3) is 0.267. The maximum atomic E-state index is 11.4. The molecule has 0 saturated heterocycles. The number of fused-ring (bicyclic) bond motifs is 1. The van der Waals surface area contributed by atoms with Crippen LogP contribution in [0.3, 0.4) is 0 Å². The van der Waals surface area contributed by atoms with Crippen molar-refractivity contribution in [1.82, 2.24) is 0 Å². The molecule has 0 fully saturated rings. The van der Waals surface area contributed by atoms with Gasteiger partial charge in [-0.25, -0.2) is 4.79 Å². The molecule has 0 aliphatic carbocycles. The minimum Gasteiger partial charge on any atom is -0.496 e. The minimum atomic E-state index is -1.08. The van der Waals surface area contributed by atoms with Gasteiger partial charge in [-0.15, -0.1) is 11.6 Å². The number of aliphatic hydroxyl groups is 1. The number of benzene rings is 1. The first kappa shape index (κ1) is 14.6. The Labute approximate surface area is 121 Å². The maximum absolute atomic E-state index is 11.4. The number of alkyl halides is 1. The van der Waals surface area contributed by atoms with E-state index in [1.807, 2.05) is 0 Å². The molecule has 1 aromatic heterocycles. The molecule has 1 N–H and O–H groups in total. The van der Waals surface area contributed by atoms with Crippen LogP contribution in [0.2, 0.25) is 0 Å². The lowest BCUT2D eigenvalue weighted by Crippen LogP contribution is -2.15.